The van der Waals surface area contributed by atoms with Crippen LogP contribution in [0.3, 0.4) is 0 Å². The standard InChI is InChI=1S/C15H12BrFO3/c1-19-10-6-9(7-11(8-10)20-2)15(18)14-12(16)4-3-5-13(14)17/h3-8H,1-2H3. The summed E-state index contributed by atoms with van der Waals surface area (Å²) in [6.07, 6.45) is 0. The van der Waals surface area contributed by atoms with Crippen LogP contribution in [0.4, 0.5) is 4.39 Å². The van der Waals surface area contributed by atoms with E-state index in [1.807, 2.05) is 0 Å². The van der Waals surface area contributed by atoms with Gasteiger partial charge in [-0.15, -0.1) is 0 Å². The van der Waals surface area contributed by atoms with Crippen LogP contribution in [0.25, 0.3) is 0 Å². The molecule has 0 saturated heterocycles. The molecule has 2 aromatic carbocycles. The van der Waals surface area contributed by atoms with Crippen LogP contribution >= 0.6 is 15.9 Å². The van der Waals surface area contributed by atoms with E-state index in [-0.39, 0.29) is 5.56 Å². The topological polar surface area (TPSA) is 35.5 Å². The molecule has 0 aliphatic rings. The quantitative estimate of drug-likeness (QED) is 0.794. The van der Waals surface area contributed by atoms with E-state index in [4.69, 9.17) is 9.47 Å². The second kappa shape index (κ2) is 6.05. The van der Waals surface area contributed by atoms with Crippen LogP contribution in [0.15, 0.2) is 40.9 Å². The largest absolute Gasteiger partial charge is 0.497 e. The van der Waals surface area contributed by atoms with E-state index in [2.05, 4.69) is 15.9 Å². The van der Waals surface area contributed by atoms with Crippen molar-refractivity contribution in [3.63, 3.8) is 0 Å². The average Bonchev–Trinajstić information content (AvgIpc) is 2.46. The molecule has 5 heteroatoms. The Bertz CT molecular complexity index is 613. The molecule has 0 aromatic heterocycles. The van der Waals surface area contributed by atoms with Gasteiger partial charge in [0.1, 0.15) is 17.3 Å². The third-order valence-electron chi connectivity index (χ3n) is 2.80. The minimum absolute atomic E-state index is 0.0113. The molecule has 0 atom stereocenters. The summed E-state index contributed by atoms with van der Waals surface area (Å²) in [7, 11) is 2.98. The number of halogens is 2. The number of methoxy groups -OCH3 is 2. The fourth-order valence-electron chi connectivity index (χ4n) is 1.80. The Balaban J connectivity index is 2.53. The summed E-state index contributed by atoms with van der Waals surface area (Å²) >= 11 is 3.19. The zero-order chi connectivity index (χ0) is 14.7. The van der Waals surface area contributed by atoms with E-state index in [0.29, 0.717) is 21.5 Å². The summed E-state index contributed by atoms with van der Waals surface area (Å²) in [5.74, 6) is -0.0707. The molecule has 0 N–H and O–H groups in total. The highest BCUT2D eigenvalue weighted by atomic mass is 79.9. The van der Waals surface area contributed by atoms with Crippen LogP contribution in [-0.4, -0.2) is 20.0 Å². The van der Waals surface area contributed by atoms with Crippen LogP contribution in [0.5, 0.6) is 11.5 Å². The highest BCUT2D eigenvalue weighted by molar-refractivity contribution is 9.10. The smallest absolute Gasteiger partial charge is 0.197 e. The normalized spacial score (nSPS) is 10.2. The number of hydrogen-bond donors (Lipinski definition) is 0. The summed E-state index contributed by atoms with van der Waals surface area (Å²) in [4.78, 5) is 12.4. The molecule has 0 aliphatic heterocycles. The summed E-state index contributed by atoms with van der Waals surface area (Å²) < 4.78 is 24.5. The Hall–Kier alpha value is -1.88. The first kappa shape index (κ1) is 14.5. The van der Waals surface area contributed by atoms with Crippen LogP contribution in [0.2, 0.25) is 0 Å². The van der Waals surface area contributed by atoms with Crippen molar-refractivity contribution in [2.45, 2.75) is 0 Å². The van der Waals surface area contributed by atoms with Crippen molar-refractivity contribution in [3.05, 3.63) is 57.8 Å². The predicted octanol–water partition coefficient (Wildman–Crippen LogP) is 3.84. The maximum absolute atomic E-state index is 13.8. The lowest BCUT2D eigenvalue weighted by Crippen LogP contribution is -2.06. The maximum atomic E-state index is 13.8. The molecule has 0 saturated carbocycles. The zero-order valence-electron chi connectivity index (χ0n) is 10.9. The first-order chi connectivity index (χ1) is 9.56. The molecule has 104 valence electrons. The van der Waals surface area contributed by atoms with Crippen molar-refractivity contribution >= 4 is 21.7 Å². The summed E-state index contributed by atoms with van der Waals surface area (Å²) in [6.45, 7) is 0. The minimum Gasteiger partial charge on any atom is -0.497 e. The lowest BCUT2D eigenvalue weighted by molar-refractivity contribution is 0.103. The van der Waals surface area contributed by atoms with E-state index in [1.54, 1.807) is 24.3 Å². The maximum Gasteiger partial charge on any atom is 0.197 e. The third kappa shape index (κ3) is 2.82. The Morgan fingerprint density at radius 2 is 1.70 bits per heavy atom. The van der Waals surface area contributed by atoms with Gasteiger partial charge in [0.05, 0.1) is 19.8 Å². The van der Waals surface area contributed by atoms with Crippen LogP contribution in [-0.2, 0) is 0 Å². The van der Waals surface area contributed by atoms with Gasteiger partial charge in [0.25, 0.3) is 0 Å². The highest BCUT2D eigenvalue weighted by Crippen LogP contribution is 2.27. The summed E-state index contributed by atoms with van der Waals surface area (Å²) in [6, 6.07) is 9.13. The van der Waals surface area contributed by atoms with Gasteiger partial charge in [-0.05, 0) is 40.2 Å². The minimum atomic E-state index is -0.578. The molecule has 3 nitrogen and oxygen atoms in total. The van der Waals surface area contributed by atoms with Gasteiger partial charge in [0.2, 0.25) is 0 Å². The predicted molar refractivity (Wildman–Crippen MR) is 77.1 cm³/mol. The van der Waals surface area contributed by atoms with E-state index >= 15 is 0 Å². The molecular formula is C15H12BrFO3. The summed E-state index contributed by atoms with van der Waals surface area (Å²) in [5.41, 5.74) is 0.287. The van der Waals surface area contributed by atoms with Crippen molar-refractivity contribution in [1.29, 1.82) is 0 Å². The van der Waals surface area contributed by atoms with Crippen molar-refractivity contribution in [2.24, 2.45) is 0 Å². The molecule has 0 radical (unpaired) electrons. The fourth-order valence-corrected chi connectivity index (χ4v) is 2.32. The Morgan fingerprint density at radius 3 is 2.20 bits per heavy atom. The van der Waals surface area contributed by atoms with Crippen molar-refractivity contribution < 1.29 is 18.7 Å². The molecule has 0 fully saturated rings. The molecule has 0 aliphatic carbocycles. The molecule has 0 bridgehead atoms. The molecule has 0 spiro atoms. The van der Waals surface area contributed by atoms with Crippen LogP contribution in [0.1, 0.15) is 15.9 Å². The second-order valence-corrected chi connectivity index (χ2v) is 4.88. The van der Waals surface area contributed by atoms with Crippen LogP contribution in [0, 0.1) is 5.82 Å². The van der Waals surface area contributed by atoms with Crippen molar-refractivity contribution in [3.8, 4) is 11.5 Å². The first-order valence-electron chi connectivity index (χ1n) is 5.78. The Morgan fingerprint density at radius 1 is 1.10 bits per heavy atom. The SMILES string of the molecule is COc1cc(OC)cc(C(=O)c2c(F)cccc2Br)c1. The lowest BCUT2D eigenvalue weighted by atomic mass is 10.0. The van der Waals surface area contributed by atoms with Gasteiger partial charge in [-0.3, -0.25) is 4.79 Å². The molecule has 2 aromatic rings. The number of carbonyl (C=O) groups excluding carboxylic acids is 1. The fraction of sp³-hybridized carbons (Fsp3) is 0.133. The van der Waals surface area contributed by atoms with Gasteiger partial charge < -0.3 is 9.47 Å². The Labute approximate surface area is 124 Å². The lowest BCUT2D eigenvalue weighted by Gasteiger charge is -2.09. The molecule has 0 heterocycles. The molecule has 0 unspecified atom stereocenters. The van der Waals surface area contributed by atoms with E-state index in [0.717, 1.165) is 0 Å². The monoisotopic (exact) mass is 338 g/mol. The molecule has 2 rings (SSSR count). The van der Waals surface area contributed by atoms with Crippen molar-refractivity contribution in [1.82, 2.24) is 0 Å². The van der Waals surface area contributed by atoms with Gasteiger partial charge >= 0.3 is 0 Å². The first-order valence-corrected chi connectivity index (χ1v) is 6.58. The number of ether oxygens (including phenoxy) is 2. The number of carbonyl (C=O) groups is 1. The Kier molecular flexibility index (Phi) is 4.39. The van der Waals surface area contributed by atoms with Gasteiger partial charge in [0.15, 0.2) is 5.78 Å². The number of hydrogen-bond acceptors (Lipinski definition) is 3. The summed E-state index contributed by atoms with van der Waals surface area (Å²) in [5, 5.41) is 0. The van der Waals surface area contributed by atoms with E-state index in [9.17, 15) is 9.18 Å². The number of ketones is 1. The molecule has 0 amide bonds. The van der Waals surface area contributed by atoms with Gasteiger partial charge in [-0.2, -0.15) is 0 Å². The van der Waals surface area contributed by atoms with Gasteiger partial charge in [-0.1, -0.05) is 6.07 Å². The van der Waals surface area contributed by atoms with Gasteiger partial charge in [0, 0.05) is 16.1 Å². The number of benzene rings is 2. The molecular weight excluding hydrogens is 327 g/mol. The highest BCUT2D eigenvalue weighted by Gasteiger charge is 2.18. The zero-order valence-corrected chi connectivity index (χ0v) is 12.5. The number of rotatable bonds is 4. The van der Waals surface area contributed by atoms with Gasteiger partial charge in [-0.25, -0.2) is 4.39 Å². The third-order valence-corrected chi connectivity index (χ3v) is 3.46. The average molecular weight is 339 g/mol. The van der Waals surface area contributed by atoms with E-state index < -0.39 is 11.6 Å². The van der Waals surface area contributed by atoms with Crippen LogP contribution < -0.4 is 9.47 Å². The second-order valence-electron chi connectivity index (χ2n) is 4.03. The van der Waals surface area contributed by atoms with E-state index in [1.165, 1.54) is 26.4 Å². The van der Waals surface area contributed by atoms with Crippen molar-refractivity contribution in [2.75, 3.05) is 14.2 Å². The molecule has 20 heavy (non-hydrogen) atoms.